The SMILES string of the molecule is CN1CCN(c2noc(-c3cccc(F)c3C#N)n2)CC1. The van der Waals surface area contributed by atoms with E-state index in [1.807, 2.05) is 11.0 Å². The molecule has 108 valence electrons. The lowest BCUT2D eigenvalue weighted by Crippen LogP contribution is -2.44. The smallest absolute Gasteiger partial charge is 0.266 e. The normalized spacial score (nSPS) is 16.0. The molecule has 6 nitrogen and oxygen atoms in total. The minimum absolute atomic E-state index is 0.0777. The lowest BCUT2D eigenvalue weighted by molar-refractivity contribution is 0.309. The average molecular weight is 287 g/mol. The molecule has 2 heterocycles. The molecule has 0 spiro atoms. The van der Waals surface area contributed by atoms with Gasteiger partial charge in [0.05, 0.1) is 5.56 Å². The van der Waals surface area contributed by atoms with E-state index < -0.39 is 5.82 Å². The fourth-order valence-electron chi connectivity index (χ4n) is 2.28. The van der Waals surface area contributed by atoms with Gasteiger partial charge in [-0.1, -0.05) is 6.07 Å². The van der Waals surface area contributed by atoms with Crippen LogP contribution in [0.1, 0.15) is 5.56 Å². The zero-order chi connectivity index (χ0) is 14.8. The van der Waals surface area contributed by atoms with E-state index in [9.17, 15) is 4.39 Å². The quantitative estimate of drug-likeness (QED) is 0.833. The van der Waals surface area contributed by atoms with Crippen LogP contribution in [0.5, 0.6) is 0 Å². The number of benzene rings is 1. The van der Waals surface area contributed by atoms with Gasteiger partial charge in [-0.05, 0) is 24.3 Å². The van der Waals surface area contributed by atoms with Gasteiger partial charge >= 0.3 is 0 Å². The largest absolute Gasteiger partial charge is 0.336 e. The van der Waals surface area contributed by atoms with Crippen LogP contribution in [0, 0.1) is 17.1 Å². The molecule has 1 aliphatic rings. The fraction of sp³-hybridized carbons (Fsp3) is 0.357. The summed E-state index contributed by atoms with van der Waals surface area (Å²) in [5, 5.41) is 13.0. The van der Waals surface area contributed by atoms with Crippen molar-refractivity contribution in [2.24, 2.45) is 0 Å². The fourth-order valence-corrected chi connectivity index (χ4v) is 2.28. The summed E-state index contributed by atoms with van der Waals surface area (Å²) in [4.78, 5) is 8.52. The van der Waals surface area contributed by atoms with Crippen molar-refractivity contribution in [3.05, 3.63) is 29.6 Å². The number of aromatic nitrogens is 2. The first-order valence-corrected chi connectivity index (χ1v) is 6.65. The van der Waals surface area contributed by atoms with Gasteiger partial charge in [-0.2, -0.15) is 10.2 Å². The zero-order valence-corrected chi connectivity index (χ0v) is 11.6. The van der Waals surface area contributed by atoms with Crippen molar-refractivity contribution in [3.8, 4) is 17.5 Å². The van der Waals surface area contributed by atoms with Crippen LogP contribution in [0.25, 0.3) is 11.5 Å². The third kappa shape index (κ3) is 2.58. The summed E-state index contributed by atoms with van der Waals surface area (Å²) in [7, 11) is 2.06. The van der Waals surface area contributed by atoms with Gasteiger partial charge < -0.3 is 14.3 Å². The number of hydrogen-bond acceptors (Lipinski definition) is 6. The molecule has 1 fully saturated rings. The zero-order valence-electron chi connectivity index (χ0n) is 11.6. The van der Waals surface area contributed by atoms with E-state index in [2.05, 4.69) is 22.1 Å². The summed E-state index contributed by atoms with van der Waals surface area (Å²) in [5.41, 5.74) is 0.247. The maximum absolute atomic E-state index is 13.6. The Kier molecular flexibility index (Phi) is 3.54. The first kappa shape index (κ1) is 13.5. The molecule has 1 aromatic carbocycles. The lowest BCUT2D eigenvalue weighted by atomic mass is 10.1. The predicted octanol–water partition coefficient (Wildman–Crippen LogP) is 1.50. The van der Waals surface area contributed by atoms with Crippen molar-refractivity contribution in [1.29, 1.82) is 5.26 Å². The van der Waals surface area contributed by atoms with Gasteiger partial charge in [0.15, 0.2) is 0 Å². The van der Waals surface area contributed by atoms with Gasteiger partial charge in [0, 0.05) is 26.2 Å². The molecule has 0 aliphatic carbocycles. The van der Waals surface area contributed by atoms with Crippen molar-refractivity contribution in [2.45, 2.75) is 0 Å². The highest BCUT2D eigenvalue weighted by atomic mass is 19.1. The molecule has 0 radical (unpaired) electrons. The van der Waals surface area contributed by atoms with E-state index in [1.54, 1.807) is 6.07 Å². The second-order valence-corrected chi connectivity index (χ2v) is 4.96. The molecular weight excluding hydrogens is 273 g/mol. The third-order valence-corrected chi connectivity index (χ3v) is 3.56. The van der Waals surface area contributed by atoms with Crippen LogP contribution in [0.4, 0.5) is 10.3 Å². The Morgan fingerprint density at radius 2 is 2.05 bits per heavy atom. The summed E-state index contributed by atoms with van der Waals surface area (Å²) < 4.78 is 18.8. The van der Waals surface area contributed by atoms with Crippen LogP contribution in [-0.2, 0) is 0 Å². The number of rotatable bonds is 2. The highest BCUT2D eigenvalue weighted by molar-refractivity contribution is 5.64. The van der Waals surface area contributed by atoms with Crippen LogP contribution in [0.3, 0.4) is 0 Å². The molecule has 0 saturated carbocycles. The average Bonchev–Trinajstić information content (AvgIpc) is 2.97. The van der Waals surface area contributed by atoms with E-state index >= 15 is 0 Å². The number of nitriles is 1. The summed E-state index contributed by atoms with van der Waals surface area (Å²) >= 11 is 0. The number of halogens is 1. The molecule has 21 heavy (non-hydrogen) atoms. The van der Waals surface area contributed by atoms with Gasteiger partial charge in [-0.25, -0.2) is 4.39 Å². The van der Waals surface area contributed by atoms with Crippen molar-refractivity contribution in [1.82, 2.24) is 15.0 Å². The molecule has 0 unspecified atom stereocenters. The van der Waals surface area contributed by atoms with Gasteiger partial charge in [-0.3, -0.25) is 0 Å². The molecule has 1 aliphatic heterocycles. The summed E-state index contributed by atoms with van der Waals surface area (Å²) in [5.74, 6) is 0.0561. The molecule has 1 saturated heterocycles. The Bertz CT molecular complexity index is 685. The Hall–Kier alpha value is -2.46. The van der Waals surface area contributed by atoms with Gasteiger partial charge in [-0.15, -0.1) is 0 Å². The Morgan fingerprint density at radius 1 is 1.29 bits per heavy atom. The highest BCUT2D eigenvalue weighted by Crippen LogP contribution is 2.25. The molecule has 0 atom stereocenters. The monoisotopic (exact) mass is 287 g/mol. The second kappa shape index (κ2) is 5.50. The van der Waals surface area contributed by atoms with Crippen molar-refractivity contribution in [3.63, 3.8) is 0 Å². The number of anilines is 1. The minimum Gasteiger partial charge on any atom is -0.336 e. The van der Waals surface area contributed by atoms with E-state index in [-0.39, 0.29) is 11.5 Å². The second-order valence-electron chi connectivity index (χ2n) is 4.96. The van der Waals surface area contributed by atoms with E-state index in [1.165, 1.54) is 12.1 Å². The van der Waals surface area contributed by atoms with E-state index in [0.717, 1.165) is 26.2 Å². The molecular formula is C14H14FN5O. The standard InChI is InChI=1S/C14H14FN5O/c1-19-5-7-20(8-6-19)14-17-13(21-18-14)10-3-2-4-12(15)11(10)9-16/h2-4H,5-8H2,1H3. The Balaban J connectivity index is 1.89. The van der Waals surface area contributed by atoms with Crippen LogP contribution >= 0.6 is 0 Å². The topological polar surface area (TPSA) is 69.2 Å². The number of nitrogens with zero attached hydrogens (tertiary/aromatic N) is 5. The predicted molar refractivity (Wildman–Crippen MR) is 74.1 cm³/mol. The summed E-state index contributed by atoms with van der Waals surface area (Å²) in [6.07, 6.45) is 0. The number of piperazine rings is 1. The molecule has 0 N–H and O–H groups in total. The molecule has 2 aromatic rings. The summed E-state index contributed by atoms with van der Waals surface area (Å²) in [6, 6.07) is 6.19. The molecule has 1 aromatic heterocycles. The molecule has 0 bridgehead atoms. The number of likely N-dealkylation sites (N-methyl/N-ethyl adjacent to an activating group) is 1. The lowest BCUT2D eigenvalue weighted by Gasteiger charge is -2.31. The van der Waals surface area contributed by atoms with E-state index in [4.69, 9.17) is 9.78 Å². The highest BCUT2D eigenvalue weighted by Gasteiger charge is 2.21. The first-order chi connectivity index (χ1) is 10.2. The van der Waals surface area contributed by atoms with Gasteiger partial charge in [0.2, 0.25) is 0 Å². The van der Waals surface area contributed by atoms with Gasteiger partial charge in [0.25, 0.3) is 11.8 Å². The minimum atomic E-state index is -0.589. The van der Waals surface area contributed by atoms with Crippen LogP contribution < -0.4 is 4.90 Å². The Morgan fingerprint density at radius 3 is 2.76 bits per heavy atom. The molecule has 7 heteroatoms. The van der Waals surface area contributed by atoms with E-state index in [0.29, 0.717) is 11.5 Å². The van der Waals surface area contributed by atoms with Crippen LogP contribution in [0.15, 0.2) is 22.7 Å². The Labute approximate surface area is 121 Å². The van der Waals surface area contributed by atoms with Crippen LogP contribution in [-0.4, -0.2) is 48.3 Å². The van der Waals surface area contributed by atoms with Crippen molar-refractivity contribution in [2.75, 3.05) is 38.1 Å². The maximum Gasteiger partial charge on any atom is 0.266 e. The maximum atomic E-state index is 13.6. The van der Waals surface area contributed by atoms with Crippen molar-refractivity contribution < 1.29 is 8.91 Å². The van der Waals surface area contributed by atoms with Crippen LogP contribution in [0.2, 0.25) is 0 Å². The molecule has 3 rings (SSSR count). The van der Waals surface area contributed by atoms with Crippen molar-refractivity contribution >= 4 is 5.95 Å². The van der Waals surface area contributed by atoms with Gasteiger partial charge in [0.1, 0.15) is 17.4 Å². The first-order valence-electron chi connectivity index (χ1n) is 6.65. The molecule has 0 amide bonds. The third-order valence-electron chi connectivity index (χ3n) is 3.56. The number of hydrogen-bond donors (Lipinski definition) is 0. The summed E-state index contributed by atoms with van der Waals surface area (Å²) in [6.45, 7) is 3.47.